The van der Waals surface area contributed by atoms with Gasteiger partial charge >= 0.3 is 0 Å². The molecule has 1 amide bonds. The summed E-state index contributed by atoms with van der Waals surface area (Å²) in [6.45, 7) is 2.05. The molecule has 22 heavy (non-hydrogen) atoms. The maximum Gasteiger partial charge on any atom is 0.261 e. The standard InChI is InChI=1S/C16H15ClFN3O/c17-12-4-3-5-13(18)15(12)16(22)20-14-7-6-11(10-19-14)21-8-1-2-9-21/h3-7,10H,1-2,8-9H2,(H,19,20,22). The first-order valence-corrected chi connectivity index (χ1v) is 7.49. The van der Waals surface area contributed by atoms with Gasteiger partial charge in [-0.15, -0.1) is 0 Å². The zero-order chi connectivity index (χ0) is 15.5. The van der Waals surface area contributed by atoms with Gasteiger partial charge in [0.05, 0.1) is 22.5 Å². The van der Waals surface area contributed by atoms with Gasteiger partial charge in [0.25, 0.3) is 5.91 Å². The largest absolute Gasteiger partial charge is 0.370 e. The fourth-order valence-electron chi connectivity index (χ4n) is 2.52. The molecule has 2 aromatic rings. The molecule has 0 aliphatic carbocycles. The van der Waals surface area contributed by atoms with Crippen molar-refractivity contribution in [1.82, 2.24) is 4.98 Å². The van der Waals surface area contributed by atoms with Crippen molar-refractivity contribution in [2.75, 3.05) is 23.3 Å². The Morgan fingerprint density at radius 1 is 1.23 bits per heavy atom. The van der Waals surface area contributed by atoms with Gasteiger partial charge in [-0.3, -0.25) is 4.79 Å². The summed E-state index contributed by atoms with van der Waals surface area (Å²) in [4.78, 5) is 18.6. The first-order valence-electron chi connectivity index (χ1n) is 7.11. The van der Waals surface area contributed by atoms with E-state index in [1.807, 2.05) is 6.07 Å². The van der Waals surface area contributed by atoms with Gasteiger partial charge in [0.1, 0.15) is 11.6 Å². The van der Waals surface area contributed by atoms with Crippen molar-refractivity contribution in [2.24, 2.45) is 0 Å². The van der Waals surface area contributed by atoms with E-state index >= 15 is 0 Å². The van der Waals surface area contributed by atoms with Gasteiger partial charge in [-0.05, 0) is 37.1 Å². The van der Waals surface area contributed by atoms with E-state index < -0.39 is 11.7 Å². The van der Waals surface area contributed by atoms with Gasteiger partial charge in [0.2, 0.25) is 0 Å². The second kappa shape index (κ2) is 6.32. The Kier molecular flexibility index (Phi) is 4.24. The lowest BCUT2D eigenvalue weighted by molar-refractivity contribution is 0.102. The molecule has 6 heteroatoms. The van der Waals surface area contributed by atoms with Crippen LogP contribution in [0.5, 0.6) is 0 Å². The topological polar surface area (TPSA) is 45.2 Å². The molecular weight excluding hydrogens is 305 g/mol. The average Bonchev–Trinajstić information content (AvgIpc) is 3.02. The van der Waals surface area contributed by atoms with Gasteiger partial charge in [-0.1, -0.05) is 17.7 Å². The minimum atomic E-state index is -0.654. The average molecular weight is 320 g/mol. The smallest absolute Gasteiger partial charge is 0.261 e. The highest BCUT2D eigenvalue weighted by molar-refractivity contribution is 6.34. The van der Waals surface area contributed by atoms with Crippen molar-refractivity contribution < 1.29 is 9.18 Å². The minimum absolute atomic E-state index is 0.0752. The summed E-state index contributed by atoms with van der Waals surface area (Å²) in [6, 6.07) is 7.74. The van der Waals surface area contributed by atoms with E-state index in [-0.39, 0.29) is 10.6 Å². The number of carbonyl (C=O) groups is 1. The molecule has 114 valence electrons. The van der Waals surface area contributed by atoms with Crippen LogP contribution in [0.15, 0.2) is 36.5 Å². The Morgan fingerprint density at radius 2 is 2.00 bits per heavy atom. The molecule has 1 aliphatic rings. The van der Waals surface area contributed by atoms with Gasteiger partial charge in [0.15, 0.2) is 0 Å². The normalized spacial score (nSPS) is 14.2. The maximum absolute atomic E-state index is 13.7. The molecule has 1 aliphatic heterocycles. The third kappa shape index (κ3) is 3.04. The van der Waals surface area contributed by atoms with Crippen LogP contribution in [0.1, 0.15) is 23.2 Å². The fourth-order valence-corrected chi connectivity index (χ4v) is 2.76. The number of nitrogens with one attached hydrogen (secondary N) is 1. The van der Waals surface area contributed by atoms with Crippen molar-refractivity contribution >= 4 is 29.0 Å². The summed E-state index contributed by atoms with van der Waals surface area (Å²) in [5, 5.41) is 2.64. The first-order chi connectivity index (χ1) is 10.6. The molecule has 1 saturated heterocycles. The Bertz CT molecular complexity index is 664. The highest BCUT2D eigenvalue weighted by Crippen LogP contribution is 2.22. The van der Waals surface area contributed by atoms with Crippen molar-refractivity contribution in [3.05, 3.63) is 52.9 Å². The van der Waals surface area contributed by atoms with Crippen LogP contribution in [0.2, 0.25) is 5.02 Å². The quantitative estimate of drug-likeness (QED) is 0.937. The van der Waals surface area contributed by atoms with Gasteiger partial charge in [-0.25, -0.2) is 9.37 Å². The van der Waals surface area contributed by atoms with Crippen molar-refractivity contribution in [2.45, 2.75) is 12.8 Å². The number of hydrogen-bond acceptors (Lipinski definition) is 3. The molecule has 1 aromatic heterocycles. The highest BCUT2D eigenvalue weighted by atomic mass is 35.5. The second-order valence-electron chi connectivity index (χ2n) is 5.15. The number of amides is 1. The molecule has 0 spiro atoms. The second-order valence-corrected chi connectivity index (χ2v) is 5.55. The molecule has 0 bridgehead atoms. The number of carbonyl (C=O) groups excluding carboxylic acids is 1. The summed E-state index contributed by atoms with van der Waals surface area (Å²) < 4.78 is 13.7. The predicted molar refractivity (Wildman–Crippen MR) is 85.0 cm³/mol. The zero-order valence-electron chi connectivity index (χ0n) is 11.9. The lowest BCUT2D eigenvalue weighted by Gasteiger charge is -2.17. The third-order valence-electron chi connectivity index (χ3n) is 3.65. The maximum atomic E-state index is 13.7. The number of pyridine rings is 1. The summed E-state index contributed by atoms with van der Waals surface area (Å²) >= 11 is 5.87. The molecule has 2 heterocycles. The monoisotopic (exact) mass is 319 g/mol. The van der Waals surface area contributed by atoms with Crippen LogP contribution < -0.4 is 10.2 Å². The molecule has 1 N–H and O–H groups in total. The van der Waals surface area contributed by atoms with Crippen LogP contribution >= 0.6 is 11.6 Å². The van der Waals surface area contributed by atoms with Crippen molar-refractivity contribution in [1.29, 1.82) is 0 Å². The molecule has 0 atom stereocenters. The van der Waals surface area contributed by atoms with E-state index in [0.29, 0.717) is 5.82 Å². The van der Waals surface area contributed by atoms with E-state index in [1.165, 1.54) is 31.0 Å². The van der Waals surface area contributed by atoms with E-state index in [1.54, 1.807) is 12.3 Å². The van der Waals surface area contributed by atoms with Gasteiger partial charge in [-0.2, -0.15) is 0 Å². The van der Waals surface area contributed by atoms with E-state index in [4.69, 9.17) is 11.6 Å². The Morgan fingerprint density at radius 3 is 2.64 bits per heavy atom. The number of anilines is 2. The van der Waals surface area contributed by atoms with E-state index in [2.05, 4.69) is 15.2 Å². The zero-order valence-corrected chi connectivity index (χ0v) is 12.6. The Balaban J connectivity index is 1.74. The lowest BCUT2D eigenvalue weighted by atomic mass is 10.2. The predicted octanol–water partition coefficient (Wildman–Crippen LogP) is 3.73. The van der Waals surface area contributed by atoms with E-state index in [9.17, 15) is 9.18 Å². The first kappa shape index (κ1) is 14.8. The Hall–Kier alpha value is -2.14. The number of aromatic nitrogens is 1. The number of hydrogen-bond donors (Lipinski definition) is 1. The van der Waals surface area contributed by atoms with Crippen LogP contribution in [0.4, 0.5) is 15.9 Å². The molecule has 1 fully saturated rings. The highest BCUT2D eigenvalue weighted by Gasteiger charge is 2.17. The Labute approximate surface area is 132 Å². The number of benzene rings is 1. The minimum Gasteiger partial charge on any atom is -0.370 e. The number of nitrogens with zero attached hydrogens (tertiary/aromatic N) is 2. The lowest BCUT2D eigenvalue weighted by Crippen LogP contribution is -2.18. The number of halogens is 2. The molecule has 0 unspecified atom stereocenters. The molecule has 0 radical (unpaired) electrons. The van der Waals surface area contributed by atoms with Crippen molar-refractivity contribution in [3.63, 3.8) is 0 Å². The number of rotatable bonds is 3. The van der Waals surface area contributed by atoms with Gasteiger partial charge in [0, 0.05) is 13.1 Å². The SMILES string of the molecule is O=C(Nc1ccc(N2CCCC2)cn1)c1c(F)cccc1Cl. The van der Waals surface area contributed by atoms with E-state index in [0.717, 1.165) is 18.8 Å². The molecule has 3 rings (SSSR count). The van der Waals surface area contributed by atoms with Crippen LogP contribution in [0.3, 0.4) is 0 Å². The fraction of sp³-hybridized carbons (Fsp3) is 0.250. The van der Waals surface area contributed by atoms with Crippen molar-refractivity contribution in [3.8, 4) is 0 Å². The van der Waals surface area contributed by atoms with Crippen LogP contribution in [-0.4, -0.2) is 24.0 Å². The van der Waals surface area contributed by atoms with Crippen LogP contribution in [0, 0.1) is 5.82 Å². The molecule has 1 aromatic carbocycles. The molecule has 4 nitrogen and oxygen atoms in total. The summed E-state index contributed by atoms with van der Waals surface area (Å²) in [5.41, 5.74) is 0.856. The third-order valence-corrected chi connectivity index (χ3v) is 3.97. The van der Waals surface area contributed by atoms with Crippen LogP contribution in [-0.2, 0) is 0 Å². The summed E-state index contributed by atoms with van der Waals surface area (Å²) in [7, 11) is 0. The van der Waals surface area contributed by atoms with Crippen LogP contribution in [0.25, 0.3) is 0 Å². The summed E-state index contributed by atoms with van der Waals surface area (Å²) in [5.74, 6) is -0.893. The molecular formula is C16H15ClFN3O. The molecule has 0 saturated carbocycles. The summed E-state index contributed by atoms with van der Waals surface area (Å²) in [6.07, 6.45) is 4.08. The van der Waals surface area contributed by atoms with Gasteiger partial charge < -0.3 is 10.2 Å².